The van der Waals surface area contributed by atoms with Gasteiger partial charge in [0.05, 0.1) is 9.13 Å². The zero-order valence-electron chi connectivity index (χ0n) is 10.0. The number of anilines is 1. The molecular formula is C13H9IN2O4. The quantitative estimate of drug-likeness (QED) is 0.706. The Morgan fingerprint density at radius 2 is 1.90 bits per heavy atom. The summed E-state index contributed by atoms with van der Waals surface area (Å²) in [7, 11) is 0. The number of hydrogen-bond donors (Lipinski definition) is 3. The van der Waals surface area contributed by atoms with Gasteiger partial charge in [0, 0.05) is 11.8 Å². The van der Waals surface area contributed by atoms with Crippen LogP contribution in [0.4, 0.5) is 5.82 Å². The van der Waals surface area contributed by atoms with E-state index in [9.17, 15) is 14.7 Å². The highest BCUT2D eigenvalue weighted by molar-refractivity contribution is 14.1. The molecule has 1 amide bonds. The van der Waals surface area contributed by atoms with Crippen molar-refractivity contribution < 1.29 is 19.8 Å². The second-order valence-electron chi connectivity index (χ2n) is 3.86. The summed E-state index contributed by atoms with van der Waals surface area (Å²) in [6, 6.07) is 7.07. The van der Waals surface area contributed by atoms with Gasteiger partial charge in [-0.15, -0.1) is 0 Å². The lowest BCUT2D eigenvalue weighted by molar-refractivity contribution is 0.0696. The summed E-state index contributed by atoms with van der Waals surface area (Å²) >= 11 is 1.94. The summed E-state index contributed by atoms with van der Waals surface area (Å²) in [6.07, 6.45) is 1.30. The van der Waals surface area contributed by atoms with Crippen molar-refractivity contribution in [3.05, 3.63) is 51.2 Å². The number of aromatic hydroxyl groups is 1. The number of phenols is 1. The number of aromatic carboxylic acids is 1. The Hall–Kier alpha value is -2.16. The minimum Gasteiger partial charge on any atom is -0.507 e. The van der Waals surface area contributed by atoms with Crippen LogP contribution in [0.3, 0.4) is 0 Å². The molecule has 0 aliphatic carbocycles. The third-order valence-corrected chi connectivity index (χ3v) is 3.37. The average Bonchev–Trinajstić information content (AvgIpc) is 2.42. The third kappa shape index (κ3) is 3.23. The van der Waals surface area contributed by atoms with Crippen LogP contribution in [0.25, 0.3) is 0 Å². The molecule has 0 saturated heterocycles. The van der Waals surface area contributed by atoms with Crippen molar-refractivity contribution in [2.75, 3.05) is 5.32 Å². The summed E-state index contributed by atoms with van der Waals surface area (Å²) in [5.74, 6) is -1.44. The van der Waals surface area contributed by atoms with E-state index in [4.69, 9.17) is 5.11 Å². The fraction of sp³-hybridized carbons (Fsp3) is 0. The minimum absolute atomic E-state index is 0.00509. The third-order valence-electron chi connectivity index (χ3n) is 2.46. The minimum atomic E-state index is -1.10. The van der Waals surface area contributed by atoms with Gasteiger partial charge in [-0.3, -0.25) is 4.79 Å². The summed E-state index contributed by atoms with van der Waals surface area (Å²) in [5.41, 5.74) is 0.284. The molecule has 20 heavy (non-hydrogen) atoms. The highest BCUT2D eigenvalue weighted by atomic mass is 127. The molecule has 1 aromatic heterocycles. The molecule has 0 saturated carbocycles. The molecule has 0 radical (unpaired) electrons. The van der Waals surface area contributed by atoms with E-state index in [1.807, 2.05) is 22.6 Å². The molecule has 0 bridgehead atoms. The molecule has 0 atom stereocenters. The van der Waals surface area contributed by atoms with Crippen molar-refractivity contribution in [1.82, 2.24) is 4.98 Å². The fourth-order valence-corrected chi connectivity index (χ4v) is 1.81. The number of benzene rings is 1. The highest BCUT2D eigenvalue weighted by Gasteiger charge is 2.10. The van der Waals surface area contributed by atoms with E-state index < -0.39 is 11.9 Å². The number of carbonyl (C=O) groups is 2. The molecule has 1 heterocycles. The van der Waals surface area contributed by atoms with Crippen molar-refractivity contribution in [2.45, 2.75) is 0 Å². The molecular weight excluding hydrogens is 375 g/mol. The lowest BCUT2D eigenvalue weighted by atomic mass is 10.2. The van der Waals surface area contributed by atoms with Crippen LogP contribution >= 0.6 is 22.6 Å². The van der Waals surface area contributed by atoms with Crippen molar-refractivity contribution in [3.63, 3.8) is 0 Å². The fourth-order valence-electron chi connectivity index (χ4n) is 1.47. The Balaban J connectivity index is 2.21. The number of nitrogens with one attached hydrogen (secondary N) is 1. The summed E-state index contributed by atoms with van der Waals surface area (Å²) in [6.45, 7) is 0. The maximum Gasteiger partial charge on any atom is 0.335 e. The number of hydrogen-bond acceptors (Lipinski definition) is 4. The van der Waals surface area contributed by atoms with Gasteiger partial charge in [0.15, 0.2) is 0 Å². The average molecular weight is 384 g/mol. The first-order valence-electron chi connectivity index (χ1n) is 5.46. The molecule has 0 unspecified atom stereocenters. The number of rotatable bonds is 3. The number of carboxylic acid groups (broad SMARTS) is 1. The van der Waals surface area contributed by atoms with E-state index >= 15 is 0 Å². The second-order valence-corrected chi connectivity index (χ2v) is 5.02. The number of phenolic OH excluding ortho intramolecular Hbond substituents is 1. The van der Waals surface area contributed by atoms with Gasteiger partial charge in [0.1, 0.15) is 11.6 Å². The molecule has 0 aliphatic heterocycles. The number of amides is 1. The maximum atomic E-state index is 11.9. The zero-order chi connectivity index (χ0) is 14.7. The predicted molar refractivity (Wildman–Crippen MR) is 80.0 cm³/mol. The van der Waals surface area contributed by atoms with Crippen LogP contribution < -0.4 is 5.32 Å². The van der Waals surface area contributed by atoms with E-state index in [1.165, 1.54) is 24.4 Å². The van der Waals surface area contributed by atoms with E-state index in [2.05, 4.69) is 10.3 Å². The maximum absolute atomic E-state index is 11.9. The van der Waals surface area contributed by atoms with Crippen LogP contribution in [-0.2, 0) is 0 Å². The van der Waals surface area contributed by atoms with Crippen molar-refractivity contribution >= 4 is 40.3 Å². The van der Waals surface area contributed by atoms with E-state index in [0.29, 0.717) is 3.57 Å². The molecule has 0 aliphatic rings. The van der Waals surface area contributed by atoms with Crippen LogP contribution in [0.1, 0.15) is 20.7 Å². The van der Waals surface area contributed by atoms with Gasteiger partial charge in [0.25, 0.3) is 5.91 Å². The number of pyridine rings is 1. The summed E-state index contributed by atoms with van der Waals surface area (Å²) in [5, 5.41) is 20.9. The Morgan fingerprint density at radius 1 is 1.15 bits per heavy atom. The van der Waals surface area contributed by atoms with Crippen LogP contribution in [0.5, 0.6) is 5.75 Å². The van der Waals surface area contributed by atoms with Crippen molar-refractivity contribution in [3.8, 4) is 5.75 Å². The van der Waals surface area contributed by atoms with E-state index in [1.54, 1.807) is 12.1 Å². The highest BCUT2D eigenvalue weighted by Crippen LogP contribution is 2.21. The Labute approximate surface area is 127 Å². The van der Waals surface area contributed by atoms with E-state index in [0.717, 1.165) is 0 Å². The van der Waals surface area contributed by atoms with Crippen LogP contribution in [0.15, 0.2) is 36.5 Å². The van der Waals surface area contributed by atoms with Gasteiger partial charge >= 0.3 is 5.97 Å². The number of carbonyl (C=O) groups excluding carboxylic acids is 1. The molecule has 2 aromatic rings. The topological polar surface area (TPSA) is 99.5 Å². The molecule has 0 fully saturated rings. The molecule has 6 nitrogen and oxygen atoms in total. The zero-order valence-corrected chi connectivity index (χ0v) is 12.2. The normalized spacial score (nSPS) is 10.1. The first-order chi connectivity index (χ1) is 9.47. The lowest BCUT2D eigenvalue weighted by Gasteiger charge is -2.06. The largest absolute Gasteiger partial charge is 0.507 e. The van der Waals surface area contributed by atoms with Gasteiger partial charge in [-0.05, 0) is 52.9 Å². The van der Waals surface area contributed by atoms with Crippen LogP contribution in [-0.4, -0.2) is 27.1 Å². The van der Waals surface area contributed by atoms with Crippen LogP contribution in [0.2, 0.25) is 0 Å². The van der Waals surface area contributed by atoms with Gasteiger partial charge in [-0.1, -0.05) is 0 Å². The Morgan fingerprint density at radius 3 is 2.55 bits per heavy atom. The first kappa shape index (κ1) is 14.3. The standard InChI is InChI=1S/C13H9IN2O4/c14-9-2-1-7(5-10(9)17)12(18)16-11-6-8(13(19)20)3-4-15-11/h1-6,17H,(H,19,20)(H,15,16,18). The van der Waals surface area contributed by atoms with Crippen molar-refractivity contribution in [1.29, 1.82) is 0 Å². The Bertz CT molecular complexity index is 688. The number of nitrogens with zero attached hydrogens (tertiary/aromatic N) is 1. The van der Waals surface area contributed by atoms with Gasteiger partial charge in [-0.25, -0.2) is 9.78 Å². The molecule has 102 valence electrons. The Kier molecular flexibility index (Phi) is 4.18. The number of aromatic nitrogens is 1. The number of halogens is 1. The summed E-state index contributed by atoms with van der Waals surface area (Å²) < 4.78 is 0.630. The molecule has 3 N–H and O–H groups in total. The molecule has 0 spiro atoms. The summed E-state index contributed by atoms with van der Waals surface area (Å²) in [4.78, 5) is 26.6. The van der Waals surface area contributed by atoms with Gasteiger partial charge in [-0.2, -0.15) is 0 Å². The smallest absolute Gasteiger partial charge is 0.335 e. The van der Waals surface area contributed by atoms with Crippen LogP contribution in [0, 0.1) is 3.57 Å². The second kappa shape index (κ2) is 5.87. The SMILES string of the molecule is O=C(O)c1ccnc(NC(=O)c2ccc(I)c(O)c2)c1. The first-order valence-corrected chi connectivity index (χ1v) is 6.54. The monoisotopic (exact) mass is 384 g/mol. The molecule has 2 rings (SSSR count). The van der Waals surface area contributed by atoms with Gasteiger partial charge in [0.2, 0.25) is 0 Å². The molecule has 1 aromatic carbocycles. The number of carboxylic acids is 1. The van der Waals surface area contributed by atoms with E-state index in [-0.39, 0.29) is 22.7 Å². The van der Waals surface area contributed by atoms with Crippen molar-refractivity contribution in [2.24, 2.45) is 0 Å². The van der Waals surface area contributed by atoms with Gasteiger partial charge < -0.3 is 15.5 Å². The lowest BCUT2D eigenvalue weighted by Crippen LogP contribution is -2.13. The predicted octanol–water partition coefficient (Wildman–Crippen LogP) is 2.34. The molecule has 7 heteroatoms.